The second-order valence-corrected chi connectivity index (χ2v) is 7.79. The molecular weight excluding hydrogens is 362 g/mol. The van der Waals surface area contributed by atoms with Gasteiger partial charge in [-0.15, -0.1) is 0 Å². The van der Waals surface area contributed by atoms with E-state index < -0.39 is 0 Å². The van der Waals surface area contributed by atoms with Crippen LogP contribution in [0.1, 0.15) is 42.4 Å². The van der Waals surface area contributed by atoms with E-state index in [2.05, 4.69) is 16.4 Å². The summed E-state index contributed by atoms with van der Waals surface area (Å²) < 4.78 is 4.93. The molecule has 138 valence electrons. The second-order valence-electron chi connectivity index (χ2n) is 6.71. The number of nitrogens with zero attached hydrogens (tertiary/aromatic N) is 2. The lowest BCUT2D eigenvalue weighted by Gasteiger charge is -2.26. The number of amides is 2. The van der Waals surface area contributed by atoms with Crippen molar-refractivity contribution in [2.45, 2.75) is 26.8 Å². The minimum absolute atomic E-state index is 0.0323. The summed E-state index contributed by atoms with van der Waals surface area (Å²) in [6.07, 6.45) is 3.54. The van der Waals surface area contributed by atoms with Crippen LogP contribution >= 0.6 is 11.3 Å². The van der Waals surface area contributed by atoms with Crippen molar-refractivity contribution in [2.24, 2.45) is 0 Å². The van der Waals surface area contributed by atoms with Gasteiger partial charge in [0.05, 0.1) is 24.1 Å². The average Bonchev–Trinajstić information content (AvgIpc) is 3.28. The maximum absolute atomic E-state index is 12.9. The van der Waals surface area contributed by atoms with E-state index in [1.165, 1.54) is 23.9 Å². The molecule has 2 amide bonds. The van der Waals surface area contributed by atoms with E-state index in [1.807, 2.05) is 30.9 Å². The minimum atomic E-state index is -0.252. The zero-order chi connectivity index (χ0) is 19.0. The normalized spacial score (nSPS) is 13.3. The third-order valence-electron chi connectivity index (χ3n) is 4.49. The van der Waals surface area contributed by atoms with Crippen molar-refractivity contribution in [2.75, 3.05) is 11.9 Å². The Kier molecular flexibility index (Phi) is 4.53. The van der Waals surface area contributed by atoms with Gasteiger partial charge in [0.15, 0.2) is 5.13 Å². The Morgan fingerprint density at radius 3 is 2.67 bits per heavy atom. The number of aromatic nitrogens is 1. The van der Waals surface area contributed by atoms with Crippen LogP contribution in [0.15, 0.2) is 41.2 Å². The molecule has 3 heterocycles. The molecule has 0 fully saturated rings. The van der Waals surface area contributed by atoms with E-state index in [-0.39, 0.29) is 11.8 Å². The standard InChI is InChI=1S/C20H19N3O3S/c1-12-7-13(2)9-15(8-12)19(25)23-5-3-16-17(10-23)27-20(21-16)22-18(24)14-4-6-26-11-14/h4,6-9,11H,3,5,10H2,1-2H3,(H,21,22,24). The Hall–Kier alpha value is -2.93. The summed E-state index contributed by atoms with van der Waals surface area (Å²) in [6.45, 7) is 5.13. The maximum Gasteiger partial charge on any atom is 0.260 e. The number of fused-ring (bicyclic) bond motifs is 1. The van der Waals surface area contributed by atoms with Gasteiger partial charge in [-0.2, -0.15) is 0 Å². The molecule has 3 aromatic rings. The molecule has 0 aliphatic carbocycles. The fourth-order valence-corrected chi connectivity index (χ4v) is 4.28. The summed E-state index contributed by atoms with van der Waals surface area (Å²) in [5.41, 5.74) is 4.28. The highest BCUT2D eigenvalue weighted by Crippen LogP contribution is 2.29. The van der Waals surface area contributed by atoms with Gasteiger partial charge in [-0.1, -0.05) is 28.5 Å². The topological polar surface area (TPSA) is 75.4 Å². The molecule has 1 N–H and O–H groups in total. The smallest absolute Gasteiger partial charge is 0.260 e. The van der Waals surface area contributed by atoms with E-state index in [9.17, 15) is 9.59 Å². The lowest BCUT2D eigenvalue weighted by Crippen LogP contribution is -2.35. The molecule has 0 bridgehead atoms. The molecule has 6 nitrogen and oxygen atoms in total. The van der Waals surface area contributed by atoms with Gasteiger partial charge in [0.2, 0.25) is 0 Å². The first-order valence-corrected chi connectivity index (χ1v) is 9.51. The molecule has 0 atom stereocenters. The van der Waals surface area contributed by atoms with Gasteiger partial charge in [0, 0.05) is 23.4 Å². The van der Waals surface area contributed by atoms with Crippen LogP contribution in [0.5, 0.6) is 0 Å². The molecule has 27 heavy (non-hydrogen) atoms. The predicted octanol–water partition coefficient (Wildman–Crippen LogP) is 3.80. The summed E-state index contributed by atoms with van der Waals surface area (Å²) in [7, 11) is 0. The highest BCUT2D eigenvalue weighted by atomic mass is 32.1. The molecule has 2 aromatic heterocycles. The summed E-state index contributed by atoms with van der Waals surface area (Å²) in [6, 6.07) is 7.51. The Morgan fingerprint density at radius 1 is 1.19 bits per heavy atom. The van der Waals surface area contributed by atoms with Crippen LogP contribution in [0.2, 0.25) is 0 Å². The molecule has 4 rings (SSSR count). The van der Waals surface area contributed by atoms with Crippen LogP contribution in [0.3, 0.4) is 0 Å². The SMILES string of the molecule is Cc1cc(C)cc(C(=O)N2CCc3nc(NC(=O)c4ccoc4)sc3C2)c1. The second kappa shape index (κ2) is 7.00. The van der Waals surface area contributed by atoms with Crippen LogP contribution in [0.25, 0.3) is 0 Å². The fourth-order valence-electron chi connectivity index (χ4n) is 3.27. The number of hydrogen-bond acceptors (Lipinski definition) is 5. The predicted molar refractivity (Wildman–Crippen MR) is 103 cm³/mol. The molecule has 0 unspecified atom stereocenters. The van der Waals surface area contributed by atoms with E-state index in [1.54, 1.807) is 6.07 Å². The number of aryl methyl sites for hydroxylation is 2. The number of carbonyl (C=O) groups excluding carboxylic acids is 2. The van der Waals surface area contributed by atoms with E-state index in [0.717, 1.165) is 21.7 Å². The van der Waals surface area contributed by atoms with Gasteiger partial charge >= 0.3 is 0 Å². The summed E-state index contributed by atoms with van der Waals surface area (Å²) in [5.74, 6) is -0.220. The van der Waals surface area contributed by atoms with E-state index >= 15 is 0 Å². The molecule has 7 heteroatoms. The quantitative estimate of drug-likeness (QED) is 0.749. The number of carbonyl (C=O) groups is 2. The van der Waals surface area contributed by atoms with Crippen molar-refractivity contribution < 1.29 is 14.0 Å². The number of benzene rings is 1. The molecule has 0 saturated carbocycles. The number of anilines is 1. The Labute approximate surface area is 160 Å². The zero-order valence-electron chi connectivity index (χ0n) is 15.1. The molecule has 0 saturated heterocycles. The van der Waals surface area contributed by atoms with Crippen molar-refractivity contribution in [3.05, 3.63) is 69.6 Å². The molecule has 1 aromatic carbocycles. The van der Waals surface area contributed by atoms with Crippen molar-refractivity contribution in [1.82, 2.24) is 9.88 Å². The third-order valence-corrected chi connectivity index (χ3v) is 5.49. The number of rotatable bonds is 3. The summed E-state index contributed by atoms with van der Waals surface area (Å²) in [5, 5.41) is 3.35. The molecule has 1 aliphatic rings. The van der Waals surface area contributed by atoms with E-state index in [0.29, 0.717) is 35.8 Å². The number of nitrogens with one attached hydrogen (secondary N) is 1. The van der Waals surface area contributed by atoms with Crippen molar-refractivity contribution in [3.63, 3.8) is 0 Å². The van der Waals surface area contributed by atoms with Crippen LogP contribution in [0.4, 0.5) is 5.13 Å². The van der Waals surface area contributed by atoms with Gasteiger partial charge in [-0.3, -0.25) is 14.9 Å². The third kappa shape index (κ3) is 3.64. The van der Waals surface area contributed by atoms with Crippen LogP contribution < -0.4 is 5.32 Å². The van der Waals surface area contributed by atoms with Crippen molar-refractivity contribution >= 4 is 28.3 Å². The Balaban J connectivity index is 1.49. The summed E-state index contributed by atoms with van der Waals surface area (Å²) in [4.78, 5) is 32.4. The monoisotopic (exact) mass is 381 g/mol. The van der Waals surface area contributed by atoms with E-state index in [4.69, 9.17) is 4.42 Å². The van der Waals surface area contributed by atoms with Crippen molar-refractivity contribution in [3.8, 4) is 0 Å². The largest absolute Gasteiger partial charge is 0.472 e. The lowest BCUT2D eigenvalue weighted by atomic mass is 10.1. The summed E-state index contributed by atoms with van der Waals surface area (Å²) >= 11 is 1.42. The van der Waals surface area contributed by atoms with Crippen LogP contribution in [-0.2, 0) is 13.0 Å². The van der Waals surface area contributed by atoms with Gasteiger partial charge in [0.1, 0.15) is 6.26 Å². The Morgan fingerprint density at radius 2 is 1.96 bits per heavy atom. The fraction of sp³-hybridized carbons (Fsp3) is 0.250. The first kappa shape index (κ1) is 17.5. The molecule has 0 spiro atoms. The zero-order valence-corrected chi connectivity index (χ0v) is 15.9. The van der Waals surface area contributed by atoms with Gasteiger partial charge in [0.25, 0.3) is 11.8 Å². The Bertz CT molecular complexity index is 987. The number of furan rings is 1. The number of hydrogen-bond donors (Lipinski definition) is 1. The molecule has 1 aliphatic heterocycles. The minimum Gasteiger partial charge on any atom is -0.472 e. The molecule has 0 radical (unpaired) electrons. The first-order valence-electron chi connectivity index (χ1n) is 8.69. The van der Waals surface area contributed by atoms with Crippen molar-refractivity contribution in [1.29, 1.82) is 0 Å². The lowest BCUT2D eigenvalue weighted by molar-refractivity contribution is 0.0736. The van der Waals surface area contributed by atoms with Gasteiger partial charge < -0.3 is 9.32 Å². The average molecular weight is 381 g/mol. The van der Waals surface area contributed by atoms with Crippen LogP contribution in [-0.4, -0.2) is 28.2 Å². The van der Waals surface area contributed by atoms with Crippen LogP contribution in [0, 0.1) is 13.8 Å². The number of thiazole rings is 1. The van der Waals surface area contributed by atoms with Gasteiger partial charge in [-0.25, -0.2) is 4.98 Å². The maximum atomic E-state index is 12.9. The van der Waals surface area contributed by atoms with Gasteiger partial charge in [-0.05, 0) is 32.0 Å². The highest BCUT2D eigenvalue weighted by Gasteiger charge is 2.25. The first-order chi connectivity index (χ1) is 13.0. The highest BCUT2D eigenvalue weighted by molar-refractivity contribution is 7.15. The molecular formula is C20H19N3O3S.